The minimum atomic E-state index is -0.959. The summed E-state index contributed by atoms with van der Waals surface area (Å²) in [5.41, 5.74) is 10.0. The average molecular weight is 1890 g/mol. The van der Waals surface area contributed by atoms with Crippen LogP contribution in [0.2, 0.25) is 10.0 Å². The Balaban J connectivity index is 0.000000129. The van der Waals surface area contributed by atoms with Crippen LogP contribution in [-0.4, -0.2) is 141 Å². The number of aryl methyl sites for hydroxylation is 3. The summed E-state index contributed by atoms with van der Waals surface area (Å²) in [6.07, 6.45) is -0.143. The van der Waals surface area contributed by atoms with E-state index >= 15 is 0 Å². The molecule has 0 aromatic heterocycles. The number of esters is 1. The molecule has 11 aromatic carbocycles. The number of rotatable bonds is 5. The third-order valence-electron chi connectivity index (χ3n) is 20.0. The molecular formula is C99H82Cl2O18S8. The number of aliphatic carboxylic acids is 1. The van der Waals surface area contributed by atoms with Gasteiger partial charge in [0.05, 0.1) is 43.3 Å². The monoisotopic (exact) mass is 1880 g/mol. The Morgan fingerprint density at radius 1 is 0.409 bits per heavy atom. The Morgan fingerprint density at radius 3 is 1.40 bits per heavy atom. The molecule has 7 atom stereocenters. The van der Waals surface area contributed by atoms with Crippen molar-refractivity contribution in [2.75, 3.05) is 13.2 Å². The number of benzene rings is 11. The number of carbonyl (C=O) groups is 13. The van der Waals surface area contributed by atoms with Crippen molar-refractivity contribution in [3.63, 3.8) is 0 Å². The van der Waals surface area contributed by atoms with Gasteiger partial charge in [-0.05, 0) is 158 Å². The first-order chi connectivity index (χ1) is 60.6. The largest absolute Gasteiger partial charge is 0.485 e. The van der Waals surface area contributed by atoms with Crippen LogP contribution in [0.5, 0.6) is 11.5 Å². The van der Waals surface area contributed by atoms with E-state index in [-0.39, 0.29) is 104 Å². The van der Waals surface area contributed by atoms with Gasteiger partial charge in [0.15, 0.2) is 59.1 Å². The first-order valence-corrected chi connectivity index (χ1v) is 47.4. The van der Waals surface area contributed by atoms with E-state index in [1.165, 1.54) is 70.0 Å². The summed E-state index contributed by atoms with van der Waals surface area (Å²) in [6.45, 7) is 17.6. The maximum atomic E-state index is 12.3. The molecule has 0 spiro atoms. The first kappa shape index (κ1) is 95.8. The van der Waals surface area contributed by atoms with Gasteiger partial charge in [0.1, 0.15) is 16.7 Å². The number of aliphatic hydroxyl groups is 1. The highest BCUT2D eigenvalue weighted by molar-refractivity contribution is 8.03. The number of hydrogen-bond acceptors (Lipinski definition) is 25. The van der Waals surface area contributed by atoms with Gasteiger partial charge in [-0.1, -0.05) is 203 Å². The van der Waals surface area contributed by atoms with E-state index in [2.05, 4.69) is 19.1 Å². The minimum absolute atomic E-state index is 0.00231. The summed E-state index contributed by atoms with van der Waals surface area (Å²) < 4.78 is 14.7. The fraction of sp³-hybridized carbons (Fsp3) is 0.202. The van der Waals surface area contributed by atoms with Gasteiger partial charge in [0.25, 0.3) is 0 Å². The van der Waals surface area contributed by atoms with Crippen molar-refractivity contribution in [1.82, 2.24) is 0 Å². The molecule has 21 rings (SSSR count). The van der Waals surface area contributed by atoms with Crippen molar-refractivity contribution in [3.8, 4) is 11.5 Å². The number of fused-ring (bicyclic) bond motifs is 10. The summed E-state index contributed by atoms with van der Waals surface area (Å²) in [4.78, 5) is 156. The molecular weight excluding hydrogens is 1800 g/mol. The second-order valence-corrected chi connectivity index (χ2v) is 41.1. The second-order valence-electron chi connectivity index (χ2n) is 29.9. The zero-order chi connectivity index (χ0) is 91.2. The van der Waals surface area contributed by atoms with E-state index in [0.29, 0.717) is 60.5 Å². The molecule has 10 heterocycles. The molecule has 127 heavy (non-hydrogen) atoms. The third-order valence-corrected chi connectivity index (χ3v) is 30.2. The highest BCUT2D eigenvalue weighted by Crippen LogP contribution is 2.47. The molecule has 10 aliphatic rings. The van der Waals surface area contributed by atoms with Crippen LogP contribution in [0.15, 0.2) is 282 Å². The van der Waals surface area contributed by atoms with Gasteiger partial charge >= 0.3 is 11.9 Å². The van der Waals surface area contributed by atoms with Gasteiger partial charge < -0.3 is 24.4 Å². The smallest absolute Gasteiger partial charge is 0.304 e. The number of hydrogen-bond donors (Lipinski definition) is 2. The van der Waals surface area contributed by atoms with E-state index in [9.17, 15) is 62.3 Å². The van der Waals surface area contributed by atoms with Gasteiger partial charge in [-0.15, -0.1) is 70.6 Å². The zero-order valence-electron chi connectivity index (χ0n) is 69.7. The first-order valence-electron chi connectivity index (χ1n) is 39.7. The van der Waals surface area contributed by atoms with Crippen molar-refractivity contribution in [2.24, 2.45) is 0 Å². The quantitative estimate of drug-likeness (QED) is 0.0919. The number of halogens is 2. The van der Waals surface area contributed by atoms with Gasteiger partial charge in [-0.25, -0.2) is 0 Å². The van der Waals surface area contributed by atoms with Gasteiger partial charge in [0.2, 0.25) is 28.6 Å². The number of ketones is 11. The number of Topliss-reactive ketones (excluding diaryl/α,β-unsaturated/α-hetero) is 11. The number of carboxylic acids is 1. The van der Waals surface area contributed by atoms with Crippen molar-refractivity contribution >= 4 is 193 Å². The normalized spacial score (nSPS) is 19.0. The van der Waals surface area contributed by atoms with Gasteiger partial charge in [-0.3, -0.25) is 62.3 Å². The molecule has 0 saturated carbocycles. The topological polar surface area (TPSA) is 290 Å². The molecule has 7 unspecified atom stereocenters. The lowest BCUT2D eigenvalue weighted by atomic mass is 10.0. The van der Waals surface area contributed by atoms with Crippen LogP contribution in [0.3, 0.4) is 0 Å². The Morgan fingerprint density at radius 2 is 0.843 bits per heavy atom. The fourth-order valence-corrected chi connectivity index (χ4v) is 22.9. The number of carbonyl (C=O) groups excluding carboxylic acids is 12. The summed E-state index contributed by atoms with van der Waals surface area (Å²) >= 11 is 23.2. The average Bonchev–Trinajstić information content (AvgIpc) is 1.66. The number of carboxylic acid groups (broad SMARTS) is 1. The van der Waals surface area contributed by atoms with E-state index in [0.717, 1.165) is 62.1 Å². The molecule has 0 radical (unpaired) electrons. The van der Waals surface area contributed by atoms with Crippen LogP contribution in [0, 0.1) is 20.8 Å². The molecule has 0 bridgehead atoms. The van der Waals surface area contributed by atoms with Crippen LogP contribution >= 0.6 is 117 Å². The van der Waals surface area contributed by atoms with Crippen molar-refractivity contribution < 1.29 is 86.8 Å². The molecule has 18 nitrogen and oxygen atoms in total. The van der Waals surface area contributed by atoms with Crippen LogP contribution in [0.25, 0.3) is 0 Å². The Labute approximate surface area is 778 Å². The van der Waals surface area contributed by atoms with Crippen LogP contribution in [-0.2, 0) is 14.3 Å². The molecule has 2 N–H and O–H groups in total. The predicted octanol–water partition coefficient (Wildman–Crippen LogP) is 22.8. The van der Waals surface area contributed by atoms with Gasteiger partial charge in [0, 0.05) is 106 Å². The van der Waals surface area contributed by atoms with Crippen molar-refractivity contribution in [1.29, 1.82) is 0 Å². The molecule has 648 valence electrons. The van der Waals surface area contributed by atoms with E-state index < -0.39 is 33.3 Å². The van der Waals surface area contributed by atoms with Gasteiger partial charge in [-0.2, -0.15) is 0 Å². The second kappa shape index (κ2) is 43.2. The molecule has 0 saturated heterocycles. The number of ether oxygens (including phenoxy) is 3. The highest BCUT2D eigenvalue weighted by atomic mass is 35.5. The van der Waals surface area contributed by atoms with Crippen molar-refractivity contribution in [2.45, 2.75) is 150 Å². The summed E-state index contributed by atoms with van der Waals surface area (Å²) in [7, 11) is 0. The van der Waals surface area contributed by atoms with E-state index in [1.807, 2.05) is 188 Å². The zero-order valence-corrected chi connectivity index (χ0v) is 77.7. The third kappa shape index (κ3) is 23.6. The predicted molar refractivity (Wildman–Crippen MR) is 504 cm³/mol. The summed E-state index contributed by atoms with van der Waals surface area (Å²) in [5.74, 6) is 0.505. The number of para-hydroxylation sites is 1. The van der Waals surface area contributed by atoms with Crippen LogP contribution in [0.4, 0.5) is 0 Å². The lowest BCUT2D eigenvalue weighted by Crippen LogP contribution is -2.23. The summed E-state index contributed by atoms with van der Waals surface area (Å²) in [6, 6.07) is 74.0. The molecule has 0 aliphatic carbocycles. The lowest BCUT2D eigenvalue weighted by Gasteiger charge is -2.11. The van der Waals surface area contributed by atoms with Crippen LogP contribution < -0.4 is 9.47 Å². The van der Waals surface area contributed by atoms with E-state index in [4.69, 9.17) is 47.6 Å². The lowest BCUT2D eigenvalue weighted by molar-refractivity contribution is -0.141. The number of thioether (sulfide) groups is 8. The Hall–Kier alpha value is -10.3. The van der Waals surface area contributed by atoms with Crippen molar-refractivity contribution in [3.05, 3.63) is 331 Å². The molecule has 0 amide bonds. The Kier molecular flexibility index (Phi) is 32.6. The maximum Gasteiger partial charge on any atom is 0.304 e. The minimum Gasteiger partial charge on any atom is -0.485 e. The highest BCUT2D eigenvalue weighted by Gasteiger charge is 2.41. The SMILES string of the molecule is CC(=O)OC1Sc2ccccc2C1=O.CC1(C)Sc2ccccc2C1=O.CC1Sc2ccccc2C1=O.Cc1cc(C)c2c(c1)C(=O)C(C)S2.Cc1ccc2c(c1)C(=O)C(C)S2.O=C(O)CC1Sc2ccc(Cl)cc2C1=O.O=C(c1ccccc1)C1Sc2ccccc2C1=O.O=C1COc2ccc(Cl)cc21.O=C1COc2ccccc21.O=C1c2ccccc2SC1O. The molecule has 0 fully saturated rings. The molecule has 28 heteroatoms. The molecule has 10 aliphatic heterocycles. The maximum absolute atomic E-state index is 12.3. The molecule has 11 aromatic rings. The van der Waals surface area contributed by atoms with E-state index in [1.54, 1.807) is 138 Å². The standard InChI is InChI=1S/C15H10O2S.C11H12OS.C10H7ClO3S.C10H8O3S.2C10H10OS.C9H8OS.C8H5ClO2.C8H6O2S.C8H6O2/c16-13(10-6-2-1-3-7-10)15-14(17)11-8-4-5-9-12(11)18-15;1-6-4-7(2)11-9(5-6)10(12)8(3)13-11;11-5-1-2-7-6(3-5)10(14)8(15-7)4-9(12)13;1-6(11)13-10-9(12)7-4-2-3-5-8(7)14-10;1-6-3-4-9-8(5-6)10(11)7(2)12-9;1-10(2)9(11)7-5-3-4-6-8(7)12-10;1-6-9(10)7-4-2-3-5-8(7)11-6;9-5-1-2-8-6(3-5)7(10)4-11-8;9-7-5-3-1-2-4-6(5)11-8(7)10;9-7-5-10-8-4-2-1-3-6(7)8/h1-9,15H;4-5,8H,1-3H3;1-3,8H,4H2,(H,12,13);2-5,10H,1H3;3-5,7H,1-2H3;3-6H,1-2H3;2-6H,1H3;1-3H,4H2;1-4,8,10H;1-4H,5H2. The fourth-order valence-electron chi connectivity index (χ4n) is 13.7. The Bertz CT molecular complexity index is 6130. The van der Waals surface area contributed by atoms with Crippen LogP contribution in [0.1, 0.15) is 179 Å². The number of aliphatic hydroxyl groups excluding tert-OH is 1. The summed E-state index contributed by atoms with van der Waals surface area (Å²) in [5, 5.41) is 18.1.